The molecule has 0 radical (unpaired) electrons. The first-order valence-corrected chi connectivity index (χ1v) is 9.38. The van der Waals surface area contributed by atoms with Gasteiger partial charge < -0.3 is 20.5 Å². The largest absolute Gasteiger partial charge is 0.483 e. The topological polar surface area (TPSA) is 174 Å². The van der Waals surface area contributed by atoms with Crippen LogP contribution in [-0.2, 0) is 19.1 Å². The van der Waals surface area contributed by atoms with Crippen LogP contribution in [0.1, 0.15) is 40.5 Å². The number of nitrogens with zero attached hydrogens (tertiary/aromatic N) is 1. The second kappa shape index (κ2) is 8.81. The van der Waals surface area contributed by atoms with Crippen LogP contribution in [0.3, 0.4) is 0 Å². The summed E-state index contributed by atoms with van der Waals surface area (Å²) in [5.74, 6) is -3.17. The van der Waals surface area contributed by atoms with Crippen LogP contribution in [-0.4, -0.2) is 65.8 Å². The zero-order valence-corrected chi connectivity index (χ0v) is 16.5. The van der Waals surface area contributed by atoms with Crippen LogP contribution in [0.15, 0.2) is 18.2 Å². The number of nitrogens with one attached hydrogen (secondary N) is 2. The van der Waals surface area contributed by atoms with Crippen LogP contribution >= 0.6 is 0 Å². The molecule has 31 heavy (non-hydrogen) atoms. The molecule has 12 heteroatoms. The Balaban J connectivity index is 1.69. The van der Waals surface area contributed by atoms with Gasteiger partial charge in [-0.3, -0.25) is 34.2 Å². The Kier molecular flexibility index (Phi) is 6.18. The lowest BCUT2D eigenvalue weighted by Crippen LogP contribution is -2.54. The van der Waals surface area contributed by atoms with Crippen LogP contribution < -0.4 is 21.1 Å². The van der Waals surface area contributed by atoms with Gasteiger partial charge in [-0.15, -0.1) is 0 Å². The number of amides is 6. The summed E-state index contributed by atoms with van der Waals surface area (Å²) < 4.78 is 10.0. The van der Waals surface area contributed by atoms with Crippen LogP contribution in [0.5, 0.6) is 5.75 Å². The van der Waals surface area contributed by atoms with Crippen molar-refractivity contribution in [2.75, 3.05) is 13.2 Å². The number of nitrogens with two attached hydrogens (primary N) is 1. The van der Waals surface area contributed by atoms with E-state index in [-0.39, 0.29) is 36.3 Å². The molecule has 6 amide bonds. The molecule has 1 aromatic carbocycles. The molecule has 1 saturated heterocycles. The van der Waals surface area contributed by atoms with Gasteiger partial charge in [0.1, 0.15) is 18.4 Å². The van der Waals surface area contributed by atoms with E-state index < -0.39 is 54.3 Å². The summed E-state index contributed by atoms with van der Waals surface area (Å²) in [4.78, 5) is 72.6. The van der Waals surface area contributed by atoms with Gasteiger partial charge in [0.15, 0.2) is 6.61 Å². The molecule has 0 saturated carbocycles. The highest BCUT2D eigenvalue weighted by molar-refractivity contribution is 6.24. The van der Waals surface area contributed by atoms with Gasteiger partial charge in [0.05, 0.1) is 17.2 Å². The molecule has 0 aromatic heterocycles. The zero-order valence-electron chi connectivity index (χ0n) is 16.5. The lowest BCUT2D eigenvalue weighted by atomic mass is 10.0. The van der Waals surface area contributed by atoms with E-state index in [1.807, 2.05) is 0 Å². The molecule has 4 N–H and O–H groups in total. The Morgan fingerprint density at radius 2 is 2.00 bits per heavy atom. The van der Waals surface area contributed by atoms with E-state index in [1.54, 1.807) is 6.92 Å². The quantitative estimate of drug-likeness (QED) is 0.463. The van der Waals surface area contributed by atoms with Crippen molar-refractivity contribution in [2.24, 2.45) is 5.73 Å². The fourth-order valence-corrected chi connectivity index (χ4v) is 3.31. The molecule has 2 unspecified atom stereocenters. The Morgan fingerprint density at radius 3 is 2.68 bits per heavy atom. The maximum atomic E-state index is 12.9. The van der Waals surface area contributed by atoms with Crippen molar-refractivity contribution in [2.45, 2.75) is 31.8 Å². The molecule has 0 spiro atoms. The van der Waals surface area contributed by atoms with Crippen molar-refractivity contribution >= 4 is 35.6 Å². The summed E-state index contributed by atoms with van der Waals surface area (Å²) in [7, 11) is 0. The van der Waals surface area contributed by atoms with E-state index in [1.165, 1.54) is 18.2 Å². The summed E-state index contributed by atoms with van der Waals surface area (Å²) in [6, 6.07) is 2.68. The van der Waals surface area contributed by atoms with E-state index in [9.17, 15) is 28.8 Å². The number of carbonyl (C=O) groups is 6. The third-order valence-corrected chi connectivity index (χ3v) is 4.67. The van der Waals surface area contributed by atoms with Crippen molar-refractivity contribution in [1.82, 2.24) is 15.5 Å². The van der Waals surface area contributed by atoms with Gasteiger partial charge in [-0.25, -0.2) is 4.79 Å². The summed E-state index contributed by atoms with van der Waals surface area (Å²) >= 11 is 0. The van der Waals surface area contributed by atoms with Crippen LogP contribution in [0.2, 0.25) is 0 Å². The Morgan fingerprint density at radius 1 is 1.26 bits per heavy atom. The number of fused-ring (bicyclic) bond motifs is 1. The molecule has 1 aromatic rings. The second-order valence-corrected chi connectivity index (χ2v) is 7.01. The molecule has 0 aliphatic carbocycles. The molecule has 2 aliphatic rings. The fourth-order valence-electron chi connectivity index (χ4n) is 3.31. The maximum Gasteiger partial charge on any atom is 0.404 e. The van der Waals surface area contributed by atoms with Crippen molar-refractivity contribution in [3.63, 3.8) is 0 Å². The van der Waals surface area contributed by atoms with Crippen molar-refractivity contribution < 1.29 is 38.2 Å². The number of carbonyl (C=O) groups excluding carboxylic acids is 6. The highest BCUT2D eigenvalue weighted by Crippen LogP contribution is 2.33. The monoisotopic (exact) mass is 432 g/mol. The minimum Gasteiger partial charge on any atom is -0.483 e. The summed E-state index contributed by atoms with van der Waals surface area (Å²) in [6.45, 7) is 0.980. The molecule has 164 valence electrons. The van der Waals surface area contributed by atoms with E-state index in [0.29, 0.717) is 0 Å². The average molecular weight is 432 g/mol. The number of hydrogen-bond donors (Lipinski definition) is 3. The molecule has 12 nitrogen and oxygen atoms in total. The van der Waals surface area contributed by atoms with Crippen molar-refractivity contribution in [3.8, 4) is 5.75 Å². The van der Waals surface area contributed by atoms with Gasteiger partial charge in [-0.05, 0) is 25.5 Å². The number of rotatable bonds is 7. The van der Waals surface area contributed by atoms with E-state index >= 15 is 0 Å². The number of ether oxygens (including phenoxy) is 2. The first-order valence-electron chi connectivity index (χ1n) is 9.38. The molecule has 1 fully saturated rings. The average Bonchev–Trinajstić information content (AvgIpc) is 2.96. The molecule has 2 aliphatic heterocycles. The minimum absolute atomic E-state index is 0.00170. The highest BCUT2D eigenvalue weighted by Gasteiger charge is 2.46. The van der Waals surface area contributed by atoms with Crippen LogP contribution in [0.4, 0.5) is 4.79 Å². The predicted molar refractivity (Wildman–Crippen MR) is 102 cm³/mol. The maximum absolute atomic E-state index is 12.9. The highest BCUT2D eigenvalue weighted by atomic mass is 16.5. The van der Waals surface area contributed by atoms with Gasteiger partial charge in [0.25, 0.3) is 17.7 Å². The molecule has 2 atom stereocenters. The second-order valence-electron chi connectivity index (χ2n) is 7.01. The van der Waals surface area contributed by atoms with Gasteiger partial charge in [-0.2, -0.15) is 0 Å². The number of piperidine rings is 1. The zero-order chi connectivity index (χ0) is 22.7. The number of benzene rings is 1. The third-order valence-electron chi connectivity index (χ3n) is 4.67. The number of imide groups is 2. The van der Waals surface area contributed by atoms with Crippen LogP contribution in [0, 0.1) is 0 Å². The SMILES string of the molecule is CC(COC(N)=O)NC(=O)COc1cccc2c1C(=O)N(C1CCC(=O)NC1=O)C2=O. The van der Waals surface area contributed by atoms with Gasteiger partial charge in [-0.1, -0.05) is 6.07 Å². The Hall–Kier alpha value is -3.96. The number of hydrogen-bond acceptors (Lipinski definition) is 8. The lowest BCUT2D eigenvalue weighted by molar-refractivity contribution is -0.136. The fraction of sp³-hybridized carbons (Fsp3) is 0.368. The van der Waals surface area contributed by atoms with E-state index in [0.717, 1.165) is 4.90 Å². The standard InChI is InChI=1S/C19H20N4O8/c1-9(7-31-19(20)29)21-14(25)8-30-12-4-2-3-10-15(12)18(28)23(17(10)27)11-5-6-13(24)22-16(11)26/h2-4,9,11H,5-8H2,1H3,(H2,20,29)(H,21,25)(H,22,24,26). The third kappa shape index (κ3) is 4.63. The smallest absolute Gasteiger partial charge is 0.404 e. The summed E-state index contributed by atoms with van der Waals surface area (Å²) in [5.41, 5.74) is 4.84. The molecule has 2 heterocycles. The normalized spacial score (nSPS) is 18.9. The van der Waals surface area contributed by atoms with Gasteiger partial charge in [0.2, 0.25) is 11.8 Å². The number of primary amides is 1. The summed E-state index contributed by atoms with van der Waals surface area (Å²) in [5, 5.41) is 4.64. The van der Waals surface area contributed by atoms with Crippen molar-refractivity contribution in [1.29, 1.82) is 0 Å². The van der Waals surface area contributed by atoms with Crippen LogP contribution in [0.25, 0.3) is 0 Å². The first-order chi connectivity index (χ1) is 14.7. The van der Waals surface area contributed by atoms with Gasteiger partial charge >= 0.3 is 6.09 Å². The first kappa shape index (κ1) is 21.7. The molecule has 3 rings (SSSR count). The van der Waals surface area contributed by atoms with E-state index in [4.69, 9.17) is 10.5 Å². The molecule has 0 bridgehead atoms. The van der Waals surface area contributed by atoms with Crippen molar-refractivity contribution in [3.05, 3.63) is 29.3 Å². The van der Waals surface area contributed by atoms with E-state index in [2.05, 4.69) is 15.4 Å². The predicted octanol–water partition coefficient (Wildman–Crippen LogP) is -0.933. The lowest BCUT2D eigenvalue weighted by Gasteiger charge is -2.27. The molecular formula is C19H20N4O8. The molecular weight excluding hydrogens is 412 g/mol. The Bertz CT molecular complexity index is 976. The minimum atomic E-state index is -1.10. The Labute approximate surface area is 176 Å². The van der Waals surface area contributed by atoms with Gasteiger partial charge in [0, 0.05) is 6.42 Å². The summed E-state index contributed by atoms with van der Waals surface area (Å²) in [6.07, 6.45) is -0.939.